The van der Waals surface area contributed by atoms with Crippen LogP contribution in [0, 0.1) is 6.92 Å². The van der Waals surface area contributed by atoms with E-state index in [1.54, 1.807) is 38.1 Å². The SMILES string of the molecule is C=c1[nH]c(-c2cnn(C(F)(F)F)c2)c/c1=C/C(=C\C)C(=O)Nc1cc(NC(=O)CNCC)cnc1C. The van der Waals surface area contributed by atoms with Crippen LogP contribution in [-0.2, 0) is 15.9 Å². The molecular weight excluding hydrogens is 475 g/mol. The number of alkyl halides is 3. The van der Waals surface area contributed by atoms with Gasteiger partial charge in [-0.3, -0.25) is 14.6 Å². The lowest BCUT2D eigenvalue weighted by Gasteiger charge is -2.11. The van der Waals surface area contributed by atoms with Crippen LogP contribution in [0.2, 0.25) is 0 Å². The van der Waals surface area contributed by atoms with Crippen LogP contribution in [0.5, 0.6) is 0 Å². The van der Waals surface area contributed by atoms with E-state index in [9.17, 15) is 22.8 Å². The highest BCUT2D eigenvalue weighted by atomic mass is 19.4. The van der Waals surface area contributed by atoms with E-state index in [1.165, 1.54) is 6.20 Å². The number of halogens is 3. The van der Waals surface area contributed by atoms with Gasteiger partial charge in [-0.05, 0) is 38.6 Å². The second kappa shape index (κ2) is 11.0. The Labute approximate surface area is 204 Å². The van der Waals surface area contributed by atoms with E-state index in [0.29, 0.717) is 39.9 Å². The van der Waals surface area contributed by atoms with Crippen molar-refractivity contribution in [3.8, 4) is 11.3 Å². The van der Waals surface area contributed by atoms with Gasteiger partial charge < -0.3 is 20.9 Å². The first-order chi connectivity index (χ1) is 17.0. The Bertz CT molecular complexity index is 1400. The van der Waals surface area contributed by atoms with E-state index in [0.717, 1.165) is 12.4 Å². The van der Waals surface area contributed by atoms with E-state index in [-0.39, 0.29) is 28.3 Å². The Balaban J connectivity index is 1.81. The van der Waals surface area contributed by atoms with Gasteiger partial charge in [-0.1, -0.05) is 19.6 Å². The number of H-pyrrole nitrogens is 1. The number of aromatic amines is 1. The molecule has 0 saturated carbocycles. The molecule has 0 unspecified atom stereocenters. The third kappa shape index (κ3) is 6.48. The number of rotatable bonds is 8. The van der Waals surface area contributed by atoms with Crippen LogP contribution < -0.4 is 26.5 Å². The number of anilines is 2. The van der Waals surface area contributed by atoms with Gasteiger partial charge in [-0.25, -0.2) is 0 Å². The van der Waals surface area contributed by atoms with E-state index in [4.69, 9.17) is 0 Å². The van der Waals surface area contributed by atoms with Crippen molar-refractivity contribution < 1.29 is 22.8 Å². The molecule has 0 radical (unpaired) electrons. The number of pyridine rings is 1. The highest BCUT2D eigenvalue weighted by Gasteiger charge is 2.31. The summed E-state index contributed by atoms with van der Waals surface area (Å²) in [5.74, 6) is -0.681. The summed E-state index contributed by atoms with van der Waals surface area (Å²) in [7, 11) is 0. The summed E-state index contributed by atoms with van der Waals surface area (Å²) >= 11 is 0. The average molecular weight is 502 g/mol. The van der Waals surface area contributed by atoms with Gasteiger partial charge in [-0.2, -0.15) is 9.78 Å². The molecular formula is C24H26F3N7O2. The van der Waals surface area contributed by atoms with Gasteiger partial charge in [0.2, 0.25) is 5.91 Å². The number of aromatic nitrogens is 4. The minimum atomic E-state index is -4.62. The highest BCUT2D eigenvalue weighted by molar-refractivity contribution is 6.10. The highest BCUT2D eigenvalue weighted by Crippen LogP contribution is 2.24. The summed E-state index contributed by atoms with van der Waals surface area (Å²) in [6, 6.07) is 3.20. The number of likely N-dealkylation sites (N-methyl/N-ethyl adjacent to an activating group) is 1. The third-order valence-corrected chi connectivity index (χ3v) is 5.13. The number of carbonyl (C=O) groups is 2. The van der Waals surface area contributed by atoms with Crippen molar-refractivity contribution in [2.45, 2.75) is 27.1 Å². The molecule has 0 atom stereocenters. The van der Waals surface area contributed by atoms with E-state index >= 15 is 0 Å². The van der Waals surface area contributed by atoms with Gasteiger partial charge in [0, 0.05) is 33.6 Å². The first-order valence-electron chi connectivity index (χ1n) is 11.0. The molecule has 190 valence electrons. The van der Waals surface area contributed by atoms with Crippen LogP contribution in [0.1, 0.15) is 19.5 Å². The molecule has 9 nitrogen and oxygen atoms in total. The molecule has 3 rings (SSSR count). The zero-order valence-electron chi connectivity index (χ0n) is 20.0. The van der Waals surface area contributed by atoms with Gasteiger partial charge in [0.25, 0.3) is 5.91 Å². The van der Waals surface area contributed by atoms with Crippen molar-refractivity contribution in [2.24, 2.45) is 0 Å². The van der Waals surface area contributed by atoms with Crippen molar-refractivity contribution in [1.82, 2.24) is 25.1 Å². The maximum absolute atomic E-state index is 13.0. The number of carbonyl (C=O) groups excluding carboxylic acids is 2. The van der Waals surface area contributed by atoms with Gasteiger partial charge in [0.15, 0.2) is 0 Å². The molecule has 0 saturated heterocycles. The zero-order chi connectivity index (χ0) is 26.5. The molecule has 3 aromatic heterocycles. The van der Waals surface area contributed by atoms with Crippen molar-refractivity contribution >= 4 is 35.8 Å². The lowest BCUT2D eigenvalue weighted by atomic mass is 10.1. The Morgan fingerprint density at radius 2 is 1.97 bits per heavy atom. The maximum atomic E-state index is 13.0. The monoisotopic (exact) mass is 501 g/mol. The molecule has 2 amide bonds. The molecule has 0 spiro atoms. The lowest BCUT2D eigenvalue weighted by molar-refractivity contribution is -0.212. The van der Waals surface area contributed by atoms with Gasteiger partial charge in [0.05, 0.1) is 36.0 Å². The van der Waals surface area contributed by atoms with Crippen LogP contribution in [0.15, 0.2) is 42.4 Å². The van der Waals surface area contributed by atoms with Crippen LogP contribution in [0.25, 0.3) is 23.9 Å². The number of nitrogens with one attached hydrogen (secondary N) is 4. The normalized spacial score (nSPS) is 12.6. The van der Waals surface area contributed by atoms with Crippen LogP contribution in [0.4, 0.5) is 24.5 Å². The predicted molar refractivity (Wildman–Crippen MR) is 131 cm³/mol. The summed E-state index contributed by atoms with van der Waals surface area (Å²) in [6.45, 7) is 9.95. The van der Waals surface area contributed by atoms with Crippen molar-refractivity contribution in [2.75, 3.05) is 23.7 Å². The topological polar surface area (TPSA) is 117 Å². The number of allylic oxidation sites excluding steroid dienone is 1. The van der Waals surface area contributed by atoms with Crippen molar-refractivity contribution in [1.29, 1.82) is 0 Å². The number of amides is 2. The smallest absolute Gasteiger partial charge is 0.355 e. The molecule has 3 aromatic rings. The number of nitrogens with zero attached hydrogens (tertiary/aromatic N) is 3. The molecule has 0 aliphatic rings. The van der Waals surface area contributed by atoms with Gasteiger partial charge in [0.1, 0.15) is 0 Å². The number of hydrogen-bond donors (Lipinski definition) is 4. The van der Waals surface area contributed by atoms with Crippen LogP contribution >= 0.6 is 0 Å². The predicted octanol–water partition coefficient (Wildman–Crippen LogP) is 2.38. The minimum Gasteiger partial charge on any atom is -0.355 e. The second-order valence-electron chi connectivity index (χ2n) is 7.79. The molecule has 0 fully saturated rings. The van der Waals surface area contributed by atoms with Gasteiger partial charge >= 0.3 is 6.30 Å². The molecule has 0 aliphatic carbocycles. The number of hydrogen-bond acceptors (Lipinski definition) is 5. The molecule has 36 heavy (non-hydrogen) atoms. The molecule has 3 heterocycles. The Morgan fingerprint density at radius 1 is 1.22 bits per heavy atom. The van der Waals surface area contributed by atoms with E-state index < -0.39 is 12.2 Å². The van der Waals surface area contributed by atoms with E-state index in [1.807, 2.05) is 6.92 Å². The Hall–Kier alpha value is -4.19. The summed E-state index contributed by atoms with van der Waals surface area (Å²) in [6.07, 6.45) is 1.98. The fourth-order valence-corrected chi connectivity index (χ4v) is 3.21. The quantitative estimate of drug-likeness (QED) is 0.354. The summed E-state index contributed by atoms with van der Waals surface area (Å²) < 4.78 is 38.4. The first kappa shape index (κ1) is 26.4. The van der Waals surface area contributed by atoms with E-state index in [2.05, 4.69) is 37.6 Å². The fourth-order valence-electron chi connectivity index (χ4n) is 3.21. The first-order valence-corrected chi connectivity index (χ1v) is 11.0. The largest absolute Gasteiger partial charge is 0.504 e. The third-order valence-electron chi connectivity index (χ3n) is 5.13. The average Bonchev–Trinajstić information content (AvgIpc) is 3.45. The summed E-state index contributed by atoms with van der Waals surface area (Å²) in [5, 5.41) is 12.7. The minimum absolute atomic E-state index is 0.0899. The lowest BCUT2D eigenvalue weighted by Crippen LogP contribution is -2.27. The standard InChI is InChI=1S/C24H26F3N7O2/c1-5-16(7-17-8-21(31-14(17)3)18-10-30-34(13-18)24(25,26)27)23(36)33-20-9-19(11-29-15(20)4)32-22(35)12-28-6-2/h5,7-11,13,28,31H,3,6,12H2,1-2,4H3,(H,32,35)(H,33,36)/b16-5+,17-7-. The second-order valence-corrected chi connectivity index (χ2v) is 7.79. The Morgan fingerprint density at radius 3 is 2.61 bits per heavy atom. The Kier molecular flexibility index (Phi) is 8.10. The van der Waals surface area contributed by atoms with Gasteiger partial charge in [-0.15, -0.1) is 13.2 Å². The molecule has 4 N–H and O–H groups in total. The molecule has 12 heteroatoms. The molecule has 0 aliphatic heterocycles. The van der Waals surface area contributed by atoms with Crippen LogP contribution in [0.3, 0.4) is 0 Å². The maximum Gasteiger partial charge on any atom is 0.504 e. The van der Waals surface area contributed by atoms with Crippen molar-refractivity contribution in [3.05, 3.63) is 58.6 Å². The zero-order valence-corrected chi connectivity index (χ0v) is 20.0. The summed E-state index contributed by atoms with van der Waals surface area (Å²) in [4.78, 5) is 32.1. The molecule has 0 aromatic carbocycles. The molecule has 0 bridgehead atoms. The van der Waals surface area contributed by atoms with Crippen LogP contribution in [-0.4, -0.2) is 44.7 Å². The van der Waals surface area contributed by atoms with Crippen molar-refractivity contribution in [3.63, 3.8) is 0 Å². The fraction of sp³-hybridized carbons (Fsp3) is 0.250. The number of aryl methyl sites for hydroxylation is 1. The summed E-state index contributed by atoms with van der Waals surface area (Å²) in [5.41, 5.74) is 2.28.